The Balaban J connectivity index is 1.60. The SMILES string of the molecule is C=C/C(COCCc1ccc(-c2noc(C)n2)c(C)c1)=C(\C=C)c1noc(C)n1. The van der Waals surface area contributed by atoms with Crippen molar-refractivity contribution < 1.29 is 13.8 Å². The summed E-state index contributed by atoms with van der Waals surface area (Å²) >= 11 is 0. The monoisotopic (exact) mass is 392 g/mol. The maximum atomic E-state index is 5.86. The topological polar surface area (TPSA) is 87.1 Å². The molecule has 29 heavy (non-hydrogen) atoms. The van der Waals surface area contributed by atoms with E-state index in [1.54, 1.807) is 26.0 Å². The Bertz CT molecular complexity index is 1050. The Labute approximate surface area is 169 Å². The van der Waals surface area contributed by atoms with E-state index in [0.29, 0.717) is 36.6 Å². The summed E-state index contributed by atoms with van der Waals surface area (Å²) in [5, 5.41) is 7.92. The van der Waals surface area contributed by atoms with Crippen molar-refractivity contribution in [1.82, 2.24) is 20.3 Å². The lowest BCUT2D eigenvalue weighted by Gasteiger charge is -2.09. The van der Waals surface area contributed by atoms with Crippen molar-refractivity contribution in [2.24, 2.45) is 0 Å². The van der Waals surface area contributed by atoms with Crippen LogP contribution in [-0.2, 0) is 11.2 Å². The highest BCUT2D eigenvalue weighted by molar-refractivity contribution is 5.74. The van der Waals surface area contributed by atoms with Gasteiger partial charge in [-0.25, -0.2) is 0 Å². The van der Waals surface area contributed by atoms with Crippen molar-refractivity contribution in [3.8, 4) is 11.4 Å². The Morgan fingerprint density at radius 2 is 1.79 bits per heavy atom. The molecule has 0 saturated carbocycles. The lowest BCUT2D eigenvalue weighted by atomic mass is 10.0. The highest BCUT2D eigenvalue weighted by Gasteiger charge is 2.11. The van der Waals surface area contributed by atoms with Crippen molar-refractivity contribution >= 4 is 5.57 Å². The molecule has 7 heteroatoms. The van der Waals surface area contributed by atoms with Crippen LogP contribution in [0, 0.1) is 20.8 Å². The molecule has 2 aromatic heterocycles. The summed E-state index contributed by atoms with van der Waals surface area (Å²) < 4.78 is 16.0. The molecule has 0 unspecified atom stereocenters. The molecule has 0 amide bonds. The molecule has 2 heterocycles. The van der Waals surface area contributed by atoms with Crippen LogP contribution >= 0.6 is 0 Å². The van der Waals surface area contributed by atoms with Gasteiger partial charge < -0.3 is 13.8 Å². The van der Waals surface area contributed by atoms with E-state index in [1.807, 2.05) is 13.0 Å². The number of allylic oxidation sites excluding steroid dienone is 2. The summed E-state index contributed by atoms with van der Waals surface area (Å²) in [7, 11) is 0. The van der Waals surface area contributed by atoms with Gasteiger partial charge in [0.05, 0.1) is 13.2 Å². The minimum Gasteiger partial charge on any atom is -0.376 e. The fourth-order valence-electron chi connectivity index (χ4n) is 2.93. The maximum Gasteiger partial charge on any atom is 0.223 e. The summed E-state index contributed by atoms with van der Waals surface area (Å²) in [4.78, 5) is 8.53. The summed E-state index contributed by atoms with van der Waals surface area (Å²) in [5.74, 6) is 2.15. The standard InChI is InChI=1S/C22H24N4O3/c1-6-18(19(7-2)21-23-15(4)28-25-21)13-27-11-10-17-8-9-20(14(3)12-17)22-24-16(5)29-26-22/h6-9,12H,1-2,10-11,13H2,3-5H3/b19-18-. The molecule has 0 fully saturated rings. The molecule has 0 bridgehead atoms. The van der Waals surface area contributed by atoms with Crippen molar-refractivity contribution in [1.29, 1.82) is 0 Å². The summed E-state index contributed by atoms with van der Waals surface area (Å²) in [6.45, 7) is 14.2. The first kappa shape index (κ1) is 20.4. The molecule has 0 aliphatic rings. The molecular weight excluding hydrogens is 368 g/mol. The number of aromatic nitrogens is 4. The normalized spacial score (nSPS) is 12.0. The number of nitrogens with zero attached hydrogens (tertiary/aromatic N) is 4. The molecule has 0 aliphatic heterocycles. The first-order valence-electron chi connectivity index (χ1n) is 9.28. The summed E-state index contributed by atoms with van der Waals surface area (Å²) in [6.07, 6.45) is 4.20. The van der Waals surface area contributed by atoms with Gasteiger partial charge in [0.2, 0.25) is 23.4 Å². The molecule has 0 spiro atoms. The zero-order valence-electron chi connectivity index (χ0n) is 16.9. The molecule has 0 aliphatic carbocycles. The van der Waals surface area contributed by atoms with E-state index >= 15 is 0 Å². The summed E-state index contributed by atoms with van der Waals surface area (Å²) in [6, 6.07) is 6.18. The van der Waals surface area contributed by atoms with Gasteiger partial charge in [-0.3, -0.25) is 0 Å². The van der Waals surface area contributed by atoms with E-state index in [1.165, 1.54) is 5.56 Å². The summed E-state index contributed by atoms with van der Waals surface area (Å²) in [5.41, 5.74) is 4.85. The van der Waals surface area contributed by atoms with Crippen molar-refractivity contribution in [2.75, 3.05) is 13.2 Å². The quantitative estimate of drug-likeness (QED) is 0.393. The van der Waals surface area contributed by atoms with Crippen LogP contribution < -0.4 is 0 Å². The third-order valence-corrected chi connectivity index (χ3v) is 4.42. The van der Waals surface area contributed by atoms with E-state index in [0.717, 1.165) is 28.7 Å². The molecular formula is C22H24N4O3. The average molecular weight is 392 g/mol. The highest BCUT2D eigenvalue weighted by atomic mass is 16.5. The van der Waals surface area contributed by atoms with Crippen LogP contribution in [0.15, 0.2) is 58.1 Å². The van der Waals surface area contributed by atoms with Crippen LogP contribution in [0.1, 0.15) is 28.7 Å². The lowest BCUT2D eigenvalue weighted by molar-refractivity contribution is 0.161. The van der Waals surface area contributed by atoms with Gasteiger partial charge in [0.15, 0.2) is 0 Å². The first-order valence-corrected chi connectivity index (χ1v) is 9.28. The molecule has 0 radical (unpaired) electrons. The number of benzene rings is 1. The molecule has 150 valence electrons. The number of hydrogen-bond acceptors (Lipinski definition) is 7. The second-order valence-corrected chi connectivity index (χ2v) is 6.57. The molecule has 7 nitrogen and oxygen atoms in total. The molecule has 3 rings (SSSR count). The van der Waals surface area contributed by atoms with E-state index in [4.69, 9.17) is 13.8 Å². The van der Waals surface area contributed by atoms with Crippen molar-refractivity contribution in [3.63, 3.8) is 0 Å². The predicted octanol–water partition coefficient (Wildman–Crippen LogP) is 4.43. The number of hydrogen-bond donors (Lipinski definition) is 0. The lowest BCUT2D eigenvalue weighted by Crippen LogP contribution is -2.04. The van der Waals surface area contributed by atoms with Crippen molar-refractivity contribution in [3.05, 3.63) is 77.8 Å². The maximum absolute atomic E-state index is 5.86. The molecule has 0 N–H and O–H groups in total. The largest absolute Gasteiger partial charge is 0.376 e. The van der Waals surface area contributed by atoms with Crippen LogP contribution in [0.5, 0.6) is 0 Å². The molecule has 1 aromatic carbocycles. The third kappa shape index (κ3) is 4.94. The van der Waals surface area contributed by atoms with Gasteiger partial charge >= 0.3 is 0 Å². The van der Waals surface area contributed by atoms with E-state index in [9.17, 15) is 0 Å². The third-order valence-electron chi connectivity index (χ3n) is 4.42. The van der Waals surface area contributed by atoms with Crippen LogP contribution in [0.3, 0.4) is 0 Å². The van der Waals surface area contributed by atoms with Crippen molar-refractivity contribution in [2.45, 2.75) is 27.2 Å². The van der Waals surface area contributed by atoms with Crippen LogP contribution in [0.4, 0.5) is 0 Å². The Hall–Kier alpha value is -3.32. The smallest absolute Gasteiger partial charge is 0.223 e. The molecule has 3 aromatic rings. The van der Waals surface area contributed by atoms with Gasteiger partial charge in [0.1, 0.15) is 0 Å². The van der Waals surface area contributed by atoms with Crippen LogP contribution in [0.2, 0.25) is 0 Å². The van der Waals surface area contributed by atoms with Gasteiger partial charge in [-0.1, -0.05) is 53.8 Å². The van der Waals surface area contributed by atoms with E-state index in [2.05, 4.69) is 45.6 Å². The minimum absolute atomic E-state index is 0.387. The fraction of sp³-hybridized carbons (Fsp3) is 0.273. The zero-order chi connectivity index (χ0) is 20.8. The Morgan fingerprint density at radius 3 is 2.38 bits per heavy atom. The minimum atomic E-state index is 0.387. The second-order valence-electron chi connectivity index (χ2n) is 6.57. The molecule has 0 atom stereocenters. The first-order chi connectivity index (χ1) is 14.0. The highest BCUT2D eigenvalue weighted by Crippen LogP contribution is 2.22. The second kappa shape index (κ2) is 9.25. The Kier molecular flexibility index (Phi) is 6.51. The molecule has 0 saturated heterocycles. The van der Waals surface area contributed by atoms with Gasteiger partial charge in [-0.05, 0) is 30.0 Å². The van der Waals surface area contributed by atoms with Gasteiger partial charge in [0, 0.05) is 25.0 Å². The van der Waals surface area contributed by atoms with E-state index < -0.39 is 0 Å². The number of ether oxygens (including phenoxy) is 1. The zero-order valence-corrected chi connectivity index (χ0v) is 16.9. The van der Waals surface area contributed by atoms with Gasteiger partial charge in [0.25, 0.3) is 0 Å². The van der Waals surface area contributed by atoms with Gasteiger partial charge in [-0.2, -0.15) is 9.97 Å². The fourth-order valence-corrected chi connectivity index (χ4v) is 2.93. The predicted molar refractivity (Wildman–Crippen MR) is 110 cm³/mol. The Morgan fingerprint density at radius 1 is 1.03 bits per heavy atom. The average Bonchev–Trinajstić information content (AvgIpc) is 3.32. The number of aryl methyl sites for hydroxylation is 3. The van der Waals surface area contributed by atoms with Gasteiger partial charge in [-0.15, -0.1) is 0 Å². The van der Waals surface area contributed by atoms with E-state index in [-0.39, 0.29) is 0 Å². The number of rotatable bonds is 9. The van der Waals surface area contributed by atoms with Crippen LogP contribution in [0.25, 0.3) is 17.0 Å². The van der Waals surface area contributed by atoms with Crippen LogP contribution in [-0.4, -0.2) is 33.5 Å².